The van der Waals surface area contributed by atoms with Crippen LogP contribution >= 0.6 is 23.1 Å². The van der Waals surface area contributed by atoms with E-state index in [-0.39, 0.29) is 0 Å². The molecule has 7 heteroatoms. The molecule has 0 N–H and O–H groups in total. The normalized spacial score (nSPS) is 10.8. The molecule has 0 aliphatic rings. The predicted molar refractivity (Wildman–Crippen MR) is 103 cm³/mol. The second-order valence-corrected chi connectivity index (χ2v) is 7.37. The molecule has 1 aromatic carbocycles. The van der Waals surface area contributed by atoms with E-state index in [0.29, 0.717) is 6.61 Å². The second-order valence-electron chi connectivity index (χ2n) is 5.36. The van der Waals surface area contributed by atoms with Crippen molar-refractivity contribution >= 4 is 23.1 Å². The van der Waals surface area contributed by atoms with Crippen LogP contribution in [0.5, 0.6) is 11.5 Å². The lowest BCUT2D eigenvalue weighted by Gasteiger charge is -2.08. The molecule has 0 fully saturated rings. The van der Waals surface area contributed by atoms with E-state index in [1.807, 2.05) is 47.3 Å². The number of thioether (sulfide) groups is 1. The molecule has 0 atom stereocenters. The van der Waals surface area contributed by atoms with Crippen molar-refractivity contribution in [3.05, 3.63) is 41.8 Å². The first-order valence-electron chi connectivity index (χ1n) is 8.19. The molecule has 0 saturated carbocycles. The van der Waals surface area contributed by atoms with Gasteiger partial charge < -0.3 is 14.0 Å². The van der Waals surface area contributed by atoms with E-state index in [2.05, 4.69) is 23.2 Å². The van der Waals surface area contributed by atoms with E-state index in [0.717, 1.165) is 46.1 Å². The summed E-state index contributed by atoms with van der Waals surface area (Å²) in [5.74, 6) is 3.44. The van der Waals surface area contributed by atoms with E-state index in [9.17, 15) is 0 Å². The minimum absolute atomic E-state index is 0.612. The van der Waals surface area contributed by atoms with Gasteiger partial charge in [0.1, 0.15) is 11.5 Å². The van der Waals surface area contributed by atoms with Crippen LogP contribution in [0.2, 0.25) is 0 Å². The molecular weight excluding hydrogens is 354 g/mol. The highest BCUT2D eigenvalue weighted by molar-refractivity contribution is 7.99. The molecule has 2 heterocycles. The number of nitrogens with zero attached hydrogens (tertiary/aromatic N) is 3. The summed E-state index contributed by atoms with van der Waals surface area (Å²) in [7, 11) is 1.99. The SMILES string of the molecule is CCCOc1ccc(OCCSc2nnc(-c3cccs3)n2C)cc1. The van der Waals surface area contributed by atoms with Gasteiger partial charge in [-0.25, -0.2) is 0 Å². The van der Waals surface area contributed by atoms with Gasteiger partial charge >= 0.3 is 0 Å². The minimum Gasteiger partial charge on any atom is -0.494 e. The Morgan fingerprint density at radius 2 is 1.76 bits per heavy atom. The average Bonchev–Trinajstić information content (AvgIpc) is 3.28. The van der Waals surface area contributed by atoms with Crippen molar-refractivity contribution in [3.63, 3.8) is 0 Å². The third-order valence-corrected chi connectivity index (χ3v) is 5.31. The molecule has 0 saturated heterocycles. The maximum absolute atomic E-state index is 5.77. The fourth-order valence-corrected chi connectivity index (χ4v) is 3.68. The number of rotatable bonds is 9. The quantitative estimate of drug-likeness (QED) is 0.407. The Labute approximate surface area is 156 Å². The van der Waals surface area contributed by atoms with Gasteiger partial charge in [0.05, 0.1) is 18.1 Å². The summed E-state index contributed by atoms with van der Waals surface area (Å²) in [4.78, 5) is 1.13. The average molecular weight is 376 g/mol. The molecular formula is C18H21N3O2S2. The third kappa shape index (κ3) is 4.76. The van der Waals surface area contributed by atoms with E-state index >= 15 is 0 Å². The van der Waals surface area contributed by atoms with Crippen LogP contribution in [0.15, 0.2) is 46.9 Å². The molecule has 0 aliphatic carbocycles. The molecule has 132 valence electrons. The first-order valence-corrected chi connectivity index (χ1v) is 10.1. The van der Waals surface area contributed by atoms with Gasteiger partial charge in [-0.3, -0.25) is 0 Å². The van der Waals surface area contributed by atoms with Crippen molar-refractivity contribution in [2.24, 2.45) is 7.05 Å². The second kappa shape index (κ2) is 8.92. The van der Waals surface area contributed by atoms with Crippen LogP contribution < -0.4 is 9.47 Å². The van der Waals surface area contributed by atoms with Crippen molar-refractivity contribution in [2.75, 3.05) is 19.0 Å². The van der Waals surface area contributed by atoms with Crippen LogP contribution in [0, 0.1) is 0 Å². The smallest absolute Gasteiger partial charge is 0.191 e. The van der Waals surface area contributed by atoms with Crippen molar-refractivity contribution in [1.29, 1.82) is 0 Å². The molecule has 3 aromatic rings. The zero-order valence-electron chi connectivity index (χ0n) is 14.3. The maximum atomic E-state index is 5.77. The number of thiophene rings is 1. The first-order chi connectivity index (χ1) is 12.3. The van der Waals surface area contributed by atoms with Crippen LogP contribution in [-0.4, -0.2) is 33.7 Å². The summed E-state index contributed by atoms with van der Waals surface area (Å²) in [6.07, 6.45) is 1.01. The molecule has 0 aliphatic heterocycles. The number of hydrogen-bond donors (Lipinski definition) is 0. The van der Waals surface area contributed by atoms with Gasteiger partial charge in [0, 0.05) is 12.8 Å². The summed E-state index contributed by atoms with van der Waals surface area (Å²) in [5.41, 5.74) is 0. The van der Waals surface area contributed by atoms with E-state index in [1.165, 1.54) is 0 Å². The highest BCUT2D eigenvalue weighted by Gasteiger charge is 2.11. The van der Waals surface area contributed by atoms with Crippen LogP contribution in [0.25, 0.3) is 10.7 Å². The fraction of sp³-hybridized carbons (Fsp3) is 0.333. The lowest BCUT2D eigenvalue weighted by Crippen LogP contribution is -2.02. The van der Waals surface area contributed by atoms with Crippen molar-refractivity contribution in [2.45, 2.75) is 18.5 Å². The number of aromatic nitrogens is 3. The molecule has 0 amide bonds. The third-order valence-electron chi connectivity index (χ3n) is 3.46. The van der Waals surface area contributed by atoms with E-state index in [4.69, 9.17) is 9.47 Å². The zero-order chi connectivity index (χ0) is 17.5. The molecule has 25 heavy (non-hydrogen) atoms. The summed E-state index contributed by atoms with van der Waals surface area (Å²) < 4.78 is 13.4. The lowest BCUT2D eigenvalue weighted by molar-refractivity contribution is 0.314. The Balaban J connectivity index is 1.46. The standard InChI is InChI=1S/C18H21N3O2S2/c1-3-10-22-14-6-8-15(9-7-14)23-11-13-25-18-20-19-17(21(18)2)16-5-4-12-24-16/h4-9,12H,3,10-11,13H2,1-2H3. The zero-order valence-corrected chi connectivity index (χ0v) is 16.0. The van der Waals surface area contributed by atoms with Crippen LogP contribution in [0.1, 0.15) is 13.3 Å². The molecule has 0 bridgehead atoms. The van der Waals surface area contributed by atoms with E-state index < -0.39 is 0 Å². The predicted octanol–water partition coefficient (Wildman–Crippen LogP) is 4.50. The molecule has 0 unspecified atom stereocenters. The fourth-order valence-electron chi connectivity index (χ4n) is 2.21. The van der Waals surface area contributed by atoms with E-state index in [1.54, 1.807) is 23.1 Å². The van der Waals surface area contributed by atoms with Gasteiger partial charge in [-0.2, -0.15) is 0 Å². The Bertz CT molecular complexity index is 770. The van der Waals surface area contributed by atoms with Crippen molar-refractivity contribution < 1.29 is 9.47 Å². The number of hydrogen-bond acceptors (Lipinski definition) is 6. The molecule has 0 radical (unpaired) electrons. The largest absolute Gasteiger partial charge is 0.494 e. The number of benzene rings is 1. The highest BCUT2D eigenvalue weighted by atomic mass is 32.2. The minimum atomic E-state index is 0.612. The van der Waals surface area contributed by atoms with Crippen LogP contribution in [0.4, 0.5) is 0 Å². The Hall–Kier alpha value is -1.99. The molecule has 5 nitrogen and oxygen atoms in total. The van der Waals surface area contributed by atoms with Gasteiger partial charge in [0.25, 0.3) is 0 Å². The summed E-state index contributed by atoms with van der Waals surface area (Å²) in [6, 6.07) is 11.8. The van der Waals surface area contributed by atoms with Crippen LogP contribution in [-0.2, 0) is 7.05 Å². The first kappa shape index (κ1) is 17.8. The molecule has 3 rings (SSSR count). The van der Waals surface area contributed by atoms with Gasteiger partial charge in [-0.15, -0.1) is 21.5 Å². The van der Waals surface area contributed by atoms with Gasteiger partial charge in [-0.1, -0.05) is 24.8 Å². The van der Waals surface area contributed by atoms with Crippen molar-refractivity contribution in [1.82, 2.24) is 14.8 Å². The van der Waals surface area contributed by atoms with Gasteiger partial charge in [0.2, 0.25) is 0 Å². The highest BCUT2D eigenvalue weighted by Crippen LogP contribution is 2.26. The van der Waals surface area contributed by atoms with Crippen molar-refractivity contribution in [3.8, 4) is 22.2 Å². The lowest BCUT2D eigenvalue weighted by atomic mass is 10.3. The Morgan fingerprint density at radius 3 is 2.40 bits per heavy atom. The van der Waals surface area contributed by atoms with Crippen LogP contribution in [0.3, 0.4) is 0 Å². The summed E-state index contributed by atoms with van der Waals surface area (Å²) in [5, 5.41) is 11.5. The molecule has 2 aromatic heterocycles. The summed E-state index contributed by atoms with van der Waals surface area (Å²) in [6.45, 7) is 3.44. The monoisotopic (exact) mass is 375 g/mol. The van der Waals surface area contributed by atoms with Gasteiger partial charge in [0.15, 0.2) is 11.0 Å². The Morgan fingerprint density at radius 1 is 1.04 bits per heavy atom. The van der Waals surface area contributed by atoms with Gasteiger partial charge in [-0.05, 0) is 42.1 Å². The molecule has 0 spiro atoms. The Kier molecular flexibility index (Phi) is 6.36. The summed E-state index contributed by atoms with van der Waals surface area (Å²) >= 11 is 3.31. The maximum Gasteiger partial charge on any atom is 0.191 e. The number of ether oxygens (including phenoxy) is 2. The topological polar surface area (TPSA) is 49.2 Å².